The van der Waals surface area contributed by atoms with Crippen LogP contribution in [0.5, 0.6) is 0 Å². The number of sulfonamides is 1. The van der Waals surface area contributed by atoms with Gasteiger partial charge in [0.25, 0.3) is 0 Å². The van der Waals surface area contributed by atoms with Crippen molar-refractivity contribution in [1.29, 1.82) is 0 Å². The molecule has 1 aromatic heterocycles. The molecule has 7 nitrogen and oxygen atoms in total. The molecule has 0 amide bonds. The van der Waals surface area contributed by atoms with E-state index in [-0.39, 0.29) is 11.4 Å². The predicted molar refractivity (Wildman–Crippen MR) is 85.5 cm³/mol. The van der Waals surface area contributed by atoms with Gasteiger partial charge in [-0.15, -0.1) is 0 Å². The Labute approximate surface area is 135 Å². The lowest BCUT2D eigenvalue weighted by atomic mass is 10.2. The second-order valence-corrected chi connectivity index (χ2v) is 7.01. The lowest BCUT2D eigenvalue weighted by Gasteiger charge is -2.32. The van der Waals surface area contributed by atoms with Crippen molar-refractivity contribution < 1.29 is 13.2 Å². The monoisotopic (exact) mass is 334 g/mol. The first-order valence-corrected chi connectivity index (χ1v) is 8.72. The molecule has 0 unspecified atom stereocenters. The Kier molecular flexibility index (Phi) is 4.56. The van der Waals surface area contributed by atoms with Crippen molar-refractivity contribution in [2.75, 3.05) is 32.1 Å². The zero-order valence-electron chi connectivity index (χ0n) is 12.7. The number of morpholine rings is 1. The number of anilines is 1. The highest BCUT2D eigenvalue weighted by Gasteiger charge is 2.33. The van der Waals surface area contributed by atoms with Crippen molar-refractivity contribution in [3.8, 4) is 0 Å². The van der Waals surface area contributed by atoms with Crippen LogP contribution in [0.1, 0.15) is 11.8 Å². The van der Waals surface area contributed by atoms with Crippen LogP contribution in [0.3, 0.4) is 0 Å². The van der Waals surface area contributed by atoms with Gasteiger partial charge in [0.15, 0.2) is 0 Å². The van der Waals surface area contributed by atoms with Crippen molar-refractivity contribution in [3.63, 3.8) is 0 Å². The van der Waals surface area contributed by atoms with Crippen molar-refractivity contribution in [3.05, 3.63) is 48.4 Å². The number of hydrogen-bond donors (Lipinski definition) is 1. The molecule has 0 saturated carbocycles. The van der Waals surface area contributed by atoms with Gasteiger partial charge in [0.2, 0.25) is 10.0 Å². The molecule has 8 heteroatoms. The zero-order chi connectivity index (χ0) is 16.3. The van der Waals surface area contributed by atoms with Gasteiger partial charge in [-0.2, -0.15) is 4.31 Å². The second-order valence-electron chi connectivity index (χ2n) is 5.08. The molecule has 2 aromatic rings. The maximum Gasteiger partial charge on any atom is 0.243 e. The molecule has 2 heterocycles. The third kappa shape index (κ3) is 3.19. The third-order valence-electron chi connectivity index (χ3n) is 3.68. The largest absolute Gasteiger partial charge is 0.372 e. The Morgan fingerprint density at radius 3 is 2.70 bits per heavy atom. The maximum atomic E-state index is 12.7. The molecule has 23 heavy (non-hydrogen) atoms. The summed E-state index contributed by atoms with van der Waals surface area (Å²) in [7, 11) is -1.79. The Balaban J connectivity index is 1.87. The van der Waals surface area contributed by atoms with Gasteiger partial charge in [-0.3, -0.25) is 4.98 Å². The fourth-order valence-corrected chi connectivity index (χ4v) is 3.97. The summed E-state index contributed by atoms with van der Waals surface area (Å²) in [4.78, 5) is 8.77. The minimum Gasteiger partial charge on any atom is -0.372 e. The highest BCUT2D eigenvalue weighted by Crippen LogP contribution is 2.28. The van der Waals surface area contributed by atoms with Gasteiger partial charge >= 0.3 is 0 Å². The van der Waals surface area contributed by atoms with E-state index in [4.69, 9.17) is 4.74 Å². The van der Waals surface area contributed by atoms with Gasteiger partial charge in [-0.1, -0.05) is 18.2 Å². The second kappa shape index (κ2) is 6.61. The molecule has 0 radical (unpaired) electrons. The van der Waals surface area contributed by atoms with Crippen LogP contribution in [0, 0.1) is 0 Å². The van der Waals surface area contributed by atoms with Crippen LogP contribution < -0.4 is 5.32 Å². The van der Waals surface area contributed by atoms with E-state index in [1.54, 1.807) is 49.8 Å². The van der Waals surface area contributed by atoms with Gasteiger partial charge < -0.3 is 10.1 Å². The van der Waals surface area contributed by atoms with E-state index in [1.807, 2.05) is 0 Å². The minimum absolute atomic E-state index is 0.213. The predicted octanol–water partition coefficient (Wildman–Crippen LogP) is 1.28. The zero-order valence-corrected chi connectivity index (χ0v) is 13.5. The fourth-order valence-electron chi connectivity index (χ4n) is 2.53. The maximum absolute atomic E-state index is 12.7. The summed E-state index contributed by atoms with van der Waals surface area (Å²) >= 11 is 0. The van der Waals surface area contributed by atoms with Crippen LogP contribution in [-0.2, 0) is 14.8 Å². The molecule has 1 N–H and O–H groups in total. The SMILES string of the molecule is CNc1nccnc1[C@H]1CN(S(=O)(=O)c2ccccc2)CCO1. The van der Waals surface area contributed by atoms with Crippen LogP contribution in [0.25, 0.3) is 0 Å². The molecule has 122 valence electrons. The quantitative estimate of drug-likeness (QED) is 0.907. The van der Waals surface area contributed by atoms with Crippen LogP contribution >= 0.6 is 0 Å². The molecular formula is C15H18N4O3S. The molecule has 0 spiro atoms. The van der Waals surface area contributed by atoms with Gasteiger partial charge in [-0.05, 0) is 12.1 Å². The molecule has 1 aromatic carbocycles. The molecule has 0 aliphatic carbocycles. The number of rotatable bonds is 4. The lowest BCUT2D eigenvalue weighted by molar-refractivity contribution is -0.00468. The number of nitrogens with one attached hydrogen (secondary N) is 1. The van der Waals surface area contributed by atoms with Crippen LogP contribution in [0.15, 0.2) is 47.6 Å². The standard InChI is InChI=1S/C15H18N4O3S/c1-16-15-14(17-7-8-18-15)13-11-19(9-10-22-13)23(20,21)12-5-3-2-4-6-12/h2-8,13H,9-11H2,1H3,(H,16,18)/t13-/m1/s1. The van der Waals surface area contributed by atoms with Crippen molar-refractivity contribution >= 4 is 15.8 Å². The number of hydrogen-bond acceptors (Lipinski definition) is 6. The summed E-state index contributed by atoms with van der Waals surface area (Å²) in [5, 5.41) is 2.96. The molecule has 1 aliphatic rings. The topological polar surface area (TPSA) is 84.4 Å². The first kappa shape index (κ1) is 15.9. The third-order valence-corrected chi connectivity index (χ3v) is 5.56. The minimum atomic E-state index is -3.54. The summed E-state index contributed by atoms with van der Waals surface area (Å²) in [5.74, 6) is 0.594. The number of aromatic nitrogens is 2. The van der Waals surface area contributed by atoms with Crippen molar-refractivity contribution in [1.82, 2.24) is 14.3 Å². The van der Waals surface area contributed by atoms with E-state index in [9.17, 15) is 8.42 Å². The molecule has 1 fully saturated rings. The summed E-state index contributed by atoms with van der Waals surface area (Å²) in [6.07, 6.45) is 2.71. The molecule has 3 rings (SSSR count). The lowest BCUT2D eigenvalue weighted by Crippen LogP contribution is -2.42. The molecule has 1 aliphatic heterocycles. The summed E-state index contributed by atoms with van der Waals surface area (Å²) in [5.41, 5.74) is 0.614. The fraction of sp³-hybridized carbons (Fsp3) is 0.333. The molecule has 1 atom stereocenters. The van der Waals surface area contributed by atoms with E-state index in [0.717, 1.165) is 0 Å². The number of nitrogens with zero attached hydrogens (tertiary/aromatic N) is 3. The first-order chi connectivity index (χ1) is 11.1. The number of benzene rings is 1. The summed E-state index contributed by atoms with van der Waals surface area (Å²) in [6.45, 7) is 0.851. The van der Waals surface area contributed by atoms with E-state index in [2.05, 4.69) is 15.3 Å². The highest BCUT2D eigenvalue weighted by molar-refractivity contribution is 7.89. The van der Waals surface area contributed by atoms with Gasteiger partial charge in [-0.25, -0.2) is 13.4 Å². The first-order valence-electron chi connectivity index (χ1n) is 7.28. The average molecular weight is 334 g/mol. The van der Waals surface area contributed by atoms with Crippen molar-refractivity contribution in [2.45, 2.75) is 11.0 Å². The normalized spacial score (nSPS) is 19.4. The van der Waals surface area contributed by atoms with Crippen LogP contribution in [0.2, 0.25) is 0 Å². The smallest absolute Gasteiger partial charge is 0.243 e. The Hall–Kier alpha value is -2.03. The Morgan fingerprint density at radius 1 is 1.22 bits per heavy atom. The molecule has 0 bridgehead atoms. The van der Waals surface area contributed by atoms with Gasteiger partial charge in [0, 0.05) is 32.5 Å². The average Bonchev–Trinajstić information content (AvgIpc) is 2.62. The van der Waals surface area contributed by atoms with Crippen LogP contribution in [0.4, 0.5) is 5.82 Å². The van der Waals surface area contributed by atoms with Gasteiger partial charge in [0.05, 0.1) is 11.5 Å². The van der Waals surface area contributed by atoms with E-state index in [1.165, 1.54) is 4.31 Å². The van der Waals surface area contributed by atoms with Gasteiger partial charge in [0.1, 0.15) is 17.6 Å². The number of ether oxygens (including phenoxy) is 1. The summed E-state index contributed by atoms with van der Waals surface area (Å²) in [6, 6.07) is 8.42. The van der Waals surface area contributed by atoms with E-state index >= 15 is 0 Å². The molecule has 1 saturated heterocycles. The van der Waals surface area contributed by atoms with Crippen molar-refractivity contribution in [2.24, 2.45) is 0 Å². The highest BCUT2D eigenvalue weighted by atomic mass is 32.2. The summed E-state index contributed by atoms with van der Waals surface area (Å²) < 4.78 is 32.6. The van der Waals surface area contributed by atoms with E-state index in [0.29, 0.717) is 24.7 Å². The van der Waals surface area contributed by atoms with E-state index < -0.39 is 16.1 Å². The Morgan fingerprint density at radius 2 is 1.96 bits per heavy atom. The Bertz CT molecular complexity index is 767. The van der Waals surface area contributed by atoms with Crippen LogP contribution in [-0.4, -0.2) is 49.4 Å². The molecular weight excluding hydrogens is 316 g/mol.